The topological polar surface area (TPSA) is 82.9 Å². The van der Waals surface area contributed by atoms with Gasteiger partial charge in [0, 0.05) is 25.0 Å². The van der Waals surface area contributed by atoms with Crippen LogP contribution in [-0.2, 0) is 0 Å². The summed E-state index contributed by atoms with van der Waals surface area (Å²) in [5.41, 5.74) is 1.87. The van der Waals surface area contributed by atoms with E-state index in [1.54, 1.807) is 6.20 Å². The molecule has 1 unspecified atom stereocenters. The Balaban J connectivity index is 1.72. The summed E-state index contributed by atoms with van der Waals surface area (Å²) in [5, 5.41) is 15.5. The number of hydrogen-bond acceptors (Lipinski definition) is 6. The molecule has 3 heterocycles. The monoisotopic (exact) mass is 284 g/mol. The Hall–Kier alpha value is -2.25. The normalized spacial score (nSPS) is 20.1. The van der Waals surface area contributed by atoms with Gasteiger partial charge in [-0.05, 0) is 19.2 Å². The van der Waals surface area contributed by atoms with Gasteiger partial charge in [0.1, 0.15) is 0 Å². The van der Waals surface area contributed by atoms with Crippen LogP contribution < -0.4 is 5.32 Å². The lowest BCUT2D eigenvalue weighted by molar-refractivity contribution is 0.190. The fourth-order valence-electron chi connectivity index (χ4n) is 2.73. The Bertz CT molecular complexity index is 764. The molecule has 0 radical (unpaired) electrons. The van der Waals surface area contributed by atoms with Gasteiger partial charge in [0.2, 0.25) is 0 Å². The van der Waals surface area contributed by atoms with E-state index in [1.807, 2.05) is 18.2 Å². The molecule has 1 atom stereocenters. The van der Waals surface area contributed by atoms with Crippen LogP contribution in [0, 0.1) is 0 Å². The predicted molar refractivity (Wildman–Crippen MR) is 77.6 cm³/mol. The molecule has 0 saturated carbocycles. The summed E-state index contributed by atoms with van der Waals surface area (Å²) in [6, 6.07) is 6.05. The van der Waals surface area contributed by atoms with Crippen LogP contribution in [0.25, 0.3) is 22.4 Å². The molecule has 0 aliphatic carbocycles. The maximum atomic E-state index is 5.47. The number of hydrogen-bond donors (Lipinski definition) is 2. The Morgan fingerprint density at radius 2 is 2.33 bits per heavy atom. The molecule has 3 aromatic rings. The Labute approximate surface area is 121 Å². The van der Waals surface area contributed by atoms with Crippen LogP contribution >= 0.6 is 0 Å². The lowest BCUT2D eigenvalue weighted by Crippen LogP contribution is -2.44. The molecule has 21 heavy (non-hydrogen) atoms. The molecule has 2 aromatic heterocycles. The van der Waals surface area contributed by atoms with Gasteiger partial charge in [0.25, 0.3) is 5.89 Å². The average Bonchev–Trinajstić information content (AvgIpc) is 3.16. The van der Waals surface area contributed by atoms with E-state index in [0.29, 0.717) is 5.89 Å². The van der Waals surface area contributed by atoms with Crippen molar-refractivity contribution < 1.29 is 4.52 Å². The quantitative estimate of drug-likeness (QED) is 0.735. The molecule has 1 saturated heterocycles. The molecule has 0 spiro atoms. The van der Waals surface area contributed by atoms with Crippen molar-refractivity contribution in [2.45, 2.75) is 6.04 Å². The number of nitrogens with zero attached hydrogens (tertiary/aromatic N) is 4. The molecule has 1 aromatic carbocycles. The van der Waals surface area contributed by atoms with Gasteiger partial charge in [0.15, 0.2) is 5.82 Å². The molecule has 2 N–H and O–H groups in total. The van der Waals surface area contributed by atoms with Crippen LogP contribution in [0.2, 0.25) is 0 Å². The Kier molecular flexibility index (Phi) is 2.94. The highest BCUT2D eigenvalue weighted by Crippen LogP contribution is 2.27. The number of fused-ring (bicyclic) bond motifs is 1. The lowest BCUT2D eigenvalue weighted by atomic mass is 10.1. The summed E-state index contributed by atoms with van der Waals surface area (Å²) in [6.45, 7) is 2.81. The number of aromatic amines is 1. The van der Waals surface area contributed by atoms with E-state index in [2.05, 4.69) is 37.6 Å². The number of likely N-dealkylation sites (N-methyl/N-ethyl adjacent to an activating group) is 1. The van der Waals surface area contributed by atoms with Crippen molar-refractivity contribution in [2.24, 2.45) is 0 Å². The third-order valence-corrected chi connectivity index (χ3v) is 3.97. The molecule has 7 heteroatoms. The second-order valence-corrected chi connectivity index (χ2v) is 5.30. The van der Waals surface area contributed by atoms with E-state index in [9.17, 15) is 0 Å². The van der Waals surface area contributed by atoms with Crippen LogP contribution in [0.3, 0.4) is 0 Å². The maximum Gasteiger partial charge on any atom is 0.258 e. The van der Waals surface area contributed by atoms with Crippen LogP contribution in [0.15, 0.2) is 28.9 Å². The summed E-state index contributed by atoms with van der Waals surface area (Å²) in [6.07, 6.45) is 1.78. The number of H-pyrrole nitrogens is 1. The SMILES string of the molecule is CN1CCNCC1c1noc(-c2cccc3[nH]ncc23)n1. The molecule has 1 aliphatic rings. The van der Waals surface area contributed by atoms with Crippen molar-refractivity contribution in [2.75, 3.05) is 26.7 Å². The van der Waals surface area contributed by atoms with Crippen LogP contribution in [0.1, 0.15) is 11.9 Å². The average molecular weight is 284 g/mol. The van der Waals surface area contributed by atoms with Crippen molar-refractivity contribution >= 4 is 10.9 Å². The van der Waals surface area contributed by atoms with E-state index in [1.165, 1.54) is 0 Å². The first-order valence-electron chi connectivity index (χ1n) is 7.00. The van der Waals surface area contributed by atoms with Gasteiger partial charge in [-0.2, -0.15) is 10.1 Å². The molecule has 7 nitrogen and oxygen atoms in total. The Morgan fingerprint density at radius 1 is 1.38 bits per heavy atom. The molecule has 1 fully saturated rings. The van der Waals surface area contributed by atoms with Crippen molar-refractivity contribution in [3.05, 3.63) is 30.2 Å². The fourth-order valence-corrected chi connectivity index (χ4v) is 2.73. The standard InChI is InChI=1S/C14H16N6O/c1-20-6-5-15-8-12(20)13-17-14(21-19-13)9-3-2-4-11-10(9)7-16-18-11/h2-4,7,12,15H,5-6,8H2,1H3,(H,16,18). The number of nitrogens with one attached hydrogen (secondary N) is 2. The highest BCUT2D eigenvalue weighted by molar-refractivity contribution is 5.91. The summed E-state index contributed by atoms with van der Waals surface area (Å²) in [5.74, 6) is 1.26. The lowest BCUT2D eigenvalue weighted by Gasteiger charge is -2.30. The van der Waals surface area contributed by atoms with Gasteiger partial charge in [0.05, 0.1) is 23.3 Å². The minimum absolute atomic E-state index is 0.153. The predicted octanol–water partition coefficient (Wildman–Crippen LogP) is 1.19. The summed E-state index contributed by atoms with van der Waals surface area (Å²) in [4.78, 5) is 6.82. The van der Waals surface area contributed by atoms with Gasteiger partial charge in [-0.25, -0.2) is 0 Å². The first-order chi connectivity index (χ1) is 10.3. The minimum Gasteiger partial charge on any atom is -0.334 e. The molecular weight excluding hydrogens is 268 g/mol. The van der Waals surface area contributed by atoms with Crippen LogP contribution in [-0.4, -0.2) is 51.9 Å². The molecule has 0 bridgehead atoms. The first-order valence-corrected chi connectivity index (χ1v) is 7.00. The van der Waals surface area contributed by atoms with E-state index in [-0.39, 0.29) is 6.04 Å². The van der Waals surface area contributed by atoms with E-state index in [0.717, 1.165) is 41.9 Å². The van der Waals surface area contributed by atoms with Crippen molar-refractivity contribution in [3.8, 4) is 11.5 Å². The zero-order chi connectivity index (χ0) is 14.2. The van der Waals surface area contributed by atoms with Gasteiger partial charge < -0.3 is 9.84 Å². The minimum atomic E-state index is 0.153. The zero-order valence-electron chi connectivity index (χ0n) is 11.7. The highest BCUT2D eigenvalue weighted by Gasteiger charge is 2.25. The largest absolute Gasteiger partial charge is 0.334 e. The summed E-state index contributed by atoms with van der Waals surface area (Å²) < 4.78 is 5.47. The first kappa shape index (κ1) is 12.5. The second-order valence-electron chi connectivity index (χ2n) is 5.30. The summed E-state index contributed by atoms with van der Waals surface area (Å²) in [7, 11) is 2.08. The van der Waals surface area contributed by atoms with Crippen molar-refractivity contribution in [3.63, 3.8) is 0 Å². The summed E-state index contributed by atoms with van der Waals surface area (Å²) >= 11 is 0. The van der Waals surface area contributed by atoms with Crippen molar-refractivity contribution in [1.82, 2.24) is 30.6 Å². The van der Waals surface area contributed by atoms with Gasteiger partial charge >= 0.3 is 0 Å². The third-order valence-electron chi connectivity index (χ3n) is 3.97. The third kappa shape index (κ3) is 2.10. The van der Waals surface area contributed by atoms with Crippen molar-refractivity contribution in [1.29, 1.82) is 0 Å². The fraction of sp³-hybridized carbons (Fsp3) is 0.357. The number of rotatable bonds is 2. The van der Waals surface area contributed by atoms with Crippen LogP contribution in [0.5, 0.6) is 0 Å². The van der Waals surface area contributed by atoms with Crippen LogP contribution in [0.4, 0.5) is 0 Å². The molecule has 108 valence electrons. The van der Waals surface area contributed by atoms with E-state index >= 15 is 0 Å². The molecule has 0 amide bonds. The molecular formula is C14H16N6O. The van der Waals surface area contributed by atoms with Gasteiger partial charge in [-0.15, -0.1) is 0 Å². The Morgan fingerprint density at radius 3 is 3.24 bits per heavy atom. The van der Waals surface area contributed by atoms with E-state index in [4.69, 9.17) is 4.52 Å². The smallest absolute Gasteiger partial charge is 0.258 e. The molecule has 4 rings (SSSR count). The molecule has 1 aliphatic heterocycles. The van der Waals surface area contributed by atoms with E-state index < -0.39 is 0 Å². The van der Waals surface area contributed by atoms with Gasteiger partial charge in [-0.3, -0.25) is 10.00 Å². The highest BCUT2D eigenvalue weighted by atomic mass is 16.5. The maximum absolute atomic E-state index is 5.47. The van der Waals surface area contributed by atoms with Gasteiger partial charge in [-0.1, -0.05) is 11.2 Å². The number of piperazine rings is 1. The second kappa shape index (κ2) is 4.94. The zero-order valence-corrected chi connectivity index (χ0v) is 11.7. The number of benzene rings is 1. The number of aromatic nitrogens is 4.